The van der Waals surface area contributed by atoms with E-state index in [1.165, 1.54) is 18.2 Å². The number of rotatable bonds is 4. The quantitative estimate of drug-likeness (QED) is 0.849. The summed E-state index contributed by atoms with van der Waals surface area (Å²) >= 11 is 0. The lowest BCUT2D eigenvalue weighted by Gasteiger charge is -2.27. The van der Waals surface area contributed by atoms with Crippen LogP contribution in [0, 0.1) is 17.7 Å². The molecule has 1 aliphatic carbocycles. The second-order valence-corrected chi connectivity index (χ2v) is 5.10. The van der Waals surface area contributed by atoms with E-state index in [-0.39, 0.29) is 23.7 Å². The van der Waals surface area contributed by atoms with Crippen molar-refractivity contribution < 1.29 is 19.1 Å². The number of aliphatic carboxylic acids is 1. The highest BCUT2D eigenvalue weighted by molar-refractivity contribution is 5.96. The van der Waals surface area contributed by atoms with E-state index in [4.69, 9.17) is 5.11 Å². The highest BCUT2D eigenvalue weighted by Crippen LogP contribution is 2.33. The van der Waals surface area contributed by atoms with Crippen LogP contribution >= 0.6 is 0 Å². The number of carboxylic acid groups (broad SMARTS) is 1. The first-order valence-electron chi connectivity index (χ1n) is 6.60. The number of benzene rings is 1. The highest BCUT2D eigenvalue weighted by atomic mass is 19.1. The molecule has 0 heterocycles. The molecule has 102 valence electrons. The van der Waals surface area contributed by atoms with Crippen molar-refractivity contribution in [1.82, 2.24) is 0 Å². The van der Waals surface area contributed by atoms with E-state index < -0.39 is 17.7 Å². The fraction of sp³-hybridized carbons (Fsp3) is 0.467. The van der Waals surface area contributed by atoms with Gasteiger partial charge in [0.25, 0.3) is 0 Å². The summed E-state index contributed by atoms with van der Waals surface area (Å²) in [6, 6.07) is 5.86. The average molecular weight is 264 g/mol. The van der Waals surface area contributed by atoms with Crippen LogP contribution in [0.5, 0.6) is 0 Å². The second kappa shape index (κ2) is 5.95. The molecule has 0 aliphatic heterocycles. The molecule has 1 aromatic carbocycles. The van der Waals surface area contributed by atoms with E-state index in [2.05, 4.69) is 0 Å². The fourth-order valence-electron chi connectivity index (χ4n) is 2.81. The first kappa shape index (κ1) is 13.7. The Morgan fingerprint density at radius 1 is 1.21 bits per heavy atom. The molecule has 1 saturated carbocycles. The normalized spacial score (nSPS) is 23.0. The zero-order valence-electron chi connectivity index (χ0n) is 10.6. The van der Waals surface area contributed by atoms with E-state index >= 15 is 0 Å². The van der Waals surface area contributed by atoms with Crippen LogP contribution in [0.25, 0.3) is 0 Å². The SMILES string of the molecule is O=C(C[C@H]1CCCC[C@H]1C(=O)O)c1ccccc1F. The Kier molecular flexibility index (Phi) is 4.30. The molecule has 0 radical (unpaired) electrons. The summed E-state index contributed by atoms with van der Waals surface area (Å²) in [7, 11) is 0. The number of hydrogen-bond donors (Lipinski definition) is 1. The van der Waals surface area contributed by atoms with Crippen molar-refractivity contribution in [1.29, 1.82) is 0 Å². The molecule has 3 nitrogen and oxygen atoms in total. The van der Waals surface area contributed by atoms with Crippen LogP contribution in [0.2, 0.25) is 0 Å². The Morgan fingerprint density at radius 3 is 2.58 bits per heavy atom. The molecule has 19 heavy (non-hydrogen) atoms. The molecule has 2 atom stereocenters. The molecule has 4 heteroatoms. The average Bonchev–Trinajstić information content (AvgIpc) is 2.39. The first-order valence-corrected chi connectivity index (χ1v) is 6.60. The minimum Gasteiger partial charge on any atom is -0.481 e. The smallest absolute Gasteiger partial charge is 0.306 e. The largest absolute Gasteiger partial charge is 0.481 e. The highest BCUT2D eigenvalue weighted by Gasteiger charge is 2.32. The standard InChI is InChI=1S/C15H17FO3/c16-13-8-4-3-7-12(13)14(17)9-10-5-1-2-6-11(10)15(18)19/h3-4,7-8,10-11H,1-2,5-6,9H2,(H,18,19)/t10-,11-/m1/s1. The van der Waals surface area contributed by atoms with Crippen LogP contribution in [-0.4, -0.2) is 16.9 Å². The number of hydrogen-bond acceptors (Lipinski definition) is 2. The lowest BCUT2D eigenvalue weighted by Crippen LogP contribution is -2.28. The molecule has 0 aromatic heterocycles. The maximum Gasteiger partial charge on any atom is 0.306 e. The van der Waals surface area contributed by atoms with Crippen molar-refractivity contribution in [3.05, 3.63) is 35.6 Å². The summed E-state index contributed by atoms with van der Waals surface area (Å²) in [6.45, 7) is 0. The Balaban J connectivity index is 2.09. The molecule has 0 saturated heterocycles. The van der Waals surface area contributed by atoms with Gasteiger partial charge < -0.3 is 5.11 Å². The van der Waals surface area contributed by atoms with Gasteiger partial charge in [0.2, 0.25) is 0 Å². The van der Waals surface area contributed by atoms with Gasteiger partial charge in [0.05, 0.1) is 11.5 Å². The molecule has 0 spiro atoms. The molecule has 2 rings (SSSR count). The van der Waals surface area contributed by atoms with Crippen molar-refractivity contribution in [2.75, 3.05) is 0 Å². The number of Topliss-reactive ketones (excluding diaryl/α,β-unsaturated/α-hetero) is 1. The van der Waals surface area contributed by atoms with Gasteiger partial charge in [-0.25, -0.2) is 4.39 Å². The van der Waals surface area contributed by atoms with Crippen LogP contribution < -0.4 is 0 Å². The van der Waals surface area contributed by atoms with Crippen LogP contribution in [0.1, 0.15) is 42.5 Å². The van der Waals surface area contributed by atoms with Crippen LogP contribution in [0.3, 0.4) is 0 Å². The third kappa shape index (κ3) is 3.19. The fourth-order valence-corrected chi connectivity index (χ4v) is 2.81. The Morgan fingerprint density at radius 2 is 1.89 bits per heavy atom. The van der Waals surface area contributed by atoms with Crippen molar-refractivity contribution in [2.45, 2.75) is 32.1 Å². The summed E-state index contributed by atoms with van der Waals surface area (Å²) in [6.07, 6.45) is 3.31. The molecular formula is C15H17FO3. The predicted molar refractivity (Wildman–Crippen MR) is 68.4 cm³/mol. The van der Waals surface area contributed by atoms with Crippen molar-refractivity contribution in [3.8, 4) is 0 Å². The second-order valence-electron chi connectivity index (χ2n) is 5.10. The number of ketones is 1. The Hall–Kier alpha value is -1.71. The van der Waals surface area contributed by atoms with Crippen LogP contribution in [0.4, 0.5) is 4.39 Å². The van der Waals surface area contributed by atoms with Gasteiger partial charge in [-0.3, -0.25) is 9.59 Å². The predicted octanol–water partition coefficient (Wildman–Crippen LogP) is 3.29. The topological polar surface area (TPSA) is 54.4 Å². The minimum absolute atomic E-state index is 0.0669. The molecule has 0 unspecified atom stereocenters. The van der Waals surface area contributed by atoms with Crippen molar-refractivity contribution in [3.63, 3.8) is 0 Å². The minimum atomic E-state index is -0.842. The van der Waals surface area contributed by atoms with Gasteiger partial charge in [0.15, 0.2) is 5.78 Å². The van der Waals surface area contributed by atoms with Gasteiger partial charge >= 0.3 is 5.97 Å². The van der Waals surface area contributed by atoms with Gasteiger partial charge in [-0.2, -0.15) is 0 Å². The van der Waals surface area contributed by atoms with Crippen molar-refractivity contribution >= 4 is 11.8 Å². The maximum atomic E-state index is 13.5. The molecule has 1 fully saturated rings. The molecule has 1 aromatic rings. The maximum absolute atomic E-state index is 13.5. The number of carbonyl (C=O) groups excluding carboxylic acids is 1. The van der Waals surface area contributed by atoms with E-state index in [9.17, 15) is 14.0 Å². The van der Waals surface area contributed by atoms with Gasteiger partial charge in [-0.05, 0) is 30.9 Å². The number of carboxylic acids is 1. The van der Waals surface area contributed by atoms with Crippen LogP contribution in [-0.2, 0) is 4.79 Å². The summed E-state index contributed by atoms with van der Waals surface area (Å²) in [4.78, 5) is 23.2. The van der Waals surface area contributed by atoms with Crippen LogP contribution in [0.15, 0.2) is 24.3 Å². The summed E-state index contributed by atoms with van der Waals surface area (Å²) in [5.74, 6) is -2.31. The summed E-state index contributed by atoms with van der Waals surface area (Å²) in [5, 5.41) is 9.16. The third-order valence-electron chi connectivity index (χ3n) is 3.85. The van der Waals surface area contributed by atoms with E-state index in [0.717, 1.165) is 19.3 Å². The Bertz CT molecular complexity index is 484. The molecular weight excluding hydrogens is 247 g/mol. The van der Waals surface area contributed by atoms with E-state index in [1.807, 2.05) is 0 Å². The number of carbonyl (C=O) groups is 2. The third-order valence-corrected chi connectivity index (χ3v) is 3.85. The molecule has 1 N–H and O–H groups in total. The lowest BCUT2D eigenvalue weighted by atomic mass is 9.76. The van der Waals surface area contributed by atoms with Gasteiger partial charge in [-0.1, -0.05) is 25.0 Å². The summed E-state index contributed by atoms with van der Waals surface area (Å²) in [5.41, 5.74) is 0.0669. The molecule has 0 amide bonds. The van der Waals surface area contributed by atoms with Crippen molar-refractivity contribution in [2.24, 2.45) is 11.8 Å². The summed E-state index contributed by atoms with van der Waals surface area (Å²) < 4.78 is 13.5. The van der Waals surface area contributed by atoms with E-state index in [1.54, 1.807) is 6.07 Å². The molecule has 0 bridgehead atoms. The molecule has 1 aliphatic rings. The Labute approximate surface area is 111 Å². The zero-order chi connectivity index (χ0) is 13.8. The van der Waals surface area contributed by atoms with Gasteiger partial charge in [-0.15, -0.1) is 0 Å². The lowest BCUT2D eigenvalue weighted by molar-refractivity contribution is -0.144. The first-order chi connectivity index (χ1) is 9.09. The number of halogens is 1. The van der Waals surface area contributed by atoms with E-state index in [0.29, 0.717) is 6.42 Å². The monoisotopic (exact) mass is 264 g/mol. The van der Waals surface area contributed by atoms with Gasteiger partial charge in [0, 0.05) is 6.42 Å². The zero-order valence-corrected chi connectivity index (χ0v) is 10.6. The van der Waals surface area contributed by atoms with Gasteiger partial charge in [0.1, 0.15) is 5.82 Å².